The first-order valence-corrected chi connectivity index (χ1v) is 8.64. The highest BCUT2D eigenvalue weighted by Gasteiger charge is 2.39. The number of nitrogens with zero attached hydrogens (tertiary/aromatic N) is 1. The molecule has 0 fully saturated rings. The lowest BCUT2D eigenvalue weighted by molar-refractivity contribution is 0.0514. The number of likely N-dealkylation sites (N-methyl/N-ethyl adjacent to an activating group) is 2. The Morgan fingerprint density at radius 1 is 1.05 bits per heavy atom. The van der Waals surface area contributed by atoms with E-state index in [0.717, 1.165) is 32.4 Å². The van der Waals surface area contributed by atoms with E-state index in [2.05, 4.69) is 76.1 Å². The fraction of sp³-hybridized carbons (Fsp3) is 0.684. The molecule has 0 aliphatic carbocycles. The molecule has 0 saturated carbocycles. The van der Waals surface area contributed by atoms with Gasteiger partial charge in [0.25, 0.3) is 0 Å². The maximum atomic E-state index is 3.62. The molecule has 0 saturated heterocycles. The van der Waals surface area contributed by atoms with Crippen LogP contribution in [0.1, 0.15) is 64.6 Å². The Balaban J connectivity index is 3.29. The molecule has 2 heteroatoms. The van der Waals surface area contributed by atoms with Crippen molar-refractivity contribution in [1.29, 1.82) is 0 Å². The molecule has 0 bridgehead atoms. The van der Waals surface area contributed by atoms with Crippen molar-refractivity contribution in [2.75, 3.05) is 20.1 Å². The Morgan fingerprint density at radius 3 is 2.10 bits per heavy atom. The summed E-state index contributed by atoms with van der Waals surface area (Å²) in [5, 5.41) is 3.62. The molecular formula is C19H34N2. The standard InChI is InChI=1S/C19H34N2/c1-7-16-13-12-14-17(15-16)18(20-6)19(8-2,9-3)21(10-4)11-5/h12-15,18,20H,7-11H2,1-6H3. The van der Waals surface area contributed by atoms with Gasteiger partial charge in [-0.25, -0.2) is 0 Å². The molecule has 21 heavy (non-hydrogen) atoms. The minimum atomic E-state index is 0.185. The average Bonchev–Trinajstić information content (AvgIpc) is 2.55. The molecule has 0 spiro atoms. The zero-order valence-electron chi connectivity index (χ0n) is 14.9. The van der Waals surface area contributed by atoms with Gasteiger partial charge >= 0.3 is 0 Å². The number of benzene rings is 1. The SMILES string of the molecule is CCc1cccc(C(NC)C(CC)(CC)N(CC)CC)c1. The molecule has 120 valence electrons. The first-order valence-electron chi connectivity index (χ1n) is 8.64. The smallest absolute Gasteiger partial charge is 0.0504 e. The van der Waals surface area contributed by atoms with E-state index in [9.17, 15) is 0 Å². The van der Waals surface area contributed by atoms with Gasteiger partial charge in [-0.15, -0.1) is 0 Å². The van der Waals surface area contributed by atoms with E-state index in [0.29, 0.717) is 6.04 Å². The predicted octanol–water partition coefficient (Wildman–Crippen LogP) is 4.41. The highest BCUT2D eigenvalue weighted by Crippen LogP contribution is 2.37. The molecule has 1 aromatic rings. The third-order valence-corrected chi connectivity index (χ3v) is 5.14. The first kappa shape index (κ1) is 18.2. The van der Waals surface area contributed by atoms with Crippen molar-refractivity contribution in [3.05, 3.63) is 35.4 Å². The van der Waals surface area contributed by atoms with E-state index in [4.69, 9.17) is 0 Å². The Bertz CT molecular complexity index is 406. The number of nitrogens with one attached hydrogen (secondary N) is 1. The van der Waals surface area contributed by atoms with Crippen LogP contribution in [0.4, 0.5) is 0 Å². The van der Waals surface area contributed by atoms with Gasteiger partial charge in [0.2, 0.25) is 0 Å². The first-order chi connectivity index (χ1) is 10.1. The molecule has 2 nitrogen and oxygen atoms in total. The van der Waals surface area contributed by atoms with E-state index in [1.807, 2.05) is 0 Å². The minimum absolute atomic E-state index is 0.185. The van der Waals surface area contributed by atoms with Gasteiger partial charge in [-0.3, -0.25) is 4.90 Å². The third kappa shape index (κ3) is 3.67. The van der Waals surface area contributed by atoms with Crippen molar-refractivity contribution in [1.82, 2.24) is 10.2 Å². The summed E-state index contributed by atoms with van der Waals surface area (Å²) >= 11 is 0. The van der Waals surface area contributed by atoms with Crippen LogP contribution in [-0.2, 0) is 6.42 Å². The van der Waals surface area contributed by atoms with E-state index < -0.39 is 0 Å². The number of hydrogen-bond acceptors (Lipinski definition) is 2. The second-order valence-electron chi connectivity index (χ2n) is 5.80. The van der Waals surface area contributed by atoms with E-state index >= 15 is 0 Å². The van der Waals surface area contributed by atoms with Crippen molar-refractivity contribution in [2.45, 2.75) is 65.5 Å². The molecule has 1 rings (SSSR count). The van der Waals surface area contributed by atoms with E-state index in [1.54, 1.807) is 0 Å². The molecule has 0 amide bonds. The number of rotatable bonds is 9. The monoisotopic (exact) mass is 290 g/mol. The molecule has 0 radical (unpaired) electrons. The molecule has 1 aromatic carbocycles. The van der Waals surface area contributed by atoms with Crippen molar-refractivity contribution in [2.24, 2.45) is 0 Å². The summed E-state index contributed by atoms with van der Waals surface area (Å²) in [5.74, 6) is 0. The maximum Gasteiger partial charge on any atom is 0.0504 e. The summed E-state index contributed by atoms with van der Waals surface area (Å²) in [4.78, 5) is 2.63. The lowest BCUT2D eigenvalue weighted by Gasteiger charge is -2.48. The molecule has 0 aliphatic rings. The Morgan fingerprint density at radius 2 is 1.67 bits per heavy atom. The van der Waals surface area contributed by atoms with Crippen LogP contribution in [0.25, 0.3) is 0 Å². The van der Waals surface area contributed by atoms with Crippen molar-refractivity contribution in [3.63, 3.8) is 0 Å². The normalized spacial score (nSPS) is 13.7. The van der Waals surface area contributed by atoms with Crippen molar-refractivity contribution >= 4 is 0 Å². The topological polar surface area (TPSA) is 15.3 Å². The van der Waals surface area contributed by atoms with Crippen molar-refractivity contribution in [3.8, 4) is 0 Å². The largest absolute Gasteiger partial charge is 0.311 e. The van der Waals surface area contributed by atoms with Crippen LogP contribution in [0.2, 0.25) is 0 Å². The second-order valence-corrected chi connectivity index (χ2v) is 5.80. The van der Waals surface area contributed by atoms with Crippen LogP contribution < -0.4 is 5.32 Å². The third-order valence-electron chi connectivity index (χ3n) is 5.14. The van der Waals surface area contributed by atoms with Crippen LogP contribution in [0.5, 0.6) is 0 Å². The Hall–Kier alpha value is -0.860. The summed E-state index contributed by atoms with van der Waals surface area (Å²) in [6.45, 7) is 13.6. The van der Waals surface area contributed by atoms with Gasteiger partial charge in [0.05, 0.1) is 6.04 Å². The zero-order valence-corrected chi connectivity index (χ0v) is 14.9. The van der Waals surface area contributed by atoms with E-state index in [-0.39, 0.29) is 5.54 Å². The fourth-order valence-corrected chi connectivity index (χ4v) is 3.88. The molecule has 0 aromatic heterocycles. The van der Waals surface area contributed by atoms with Crippen LogP contribution >= 0.6 is 0 Å². The second kappa shape index (κ2) is 8.55. The highest BCUT2D eigenvalue weighted by atomic mass is 15.2. The van der Waals surface area contributed by atoms with Gasteiger partial charge < -0.3 is 5.32 Å². The molecule has 1 N–H and O–H groups in total. The average molecular weight is 290 g/mol. The van der Waals surface area contributed by atoms with Gasteiger partial charge in [-0.05, 0) is 50.5 Å². The van der Waals surface area contributed by atoms with Gasteiger partial charge in [0, 0.05) is 5.54 Å². The van der Waals surface area contributed by atoms with Crippen LogP contribution in [0, 0.1) is 0 Å². The lowest BCUT2D eigenvalue weighted by Crippen LogP contribution is -2.55. The molecule has 0 aliphatic heterocycles. The summed E-state index contributed by atoms with van der Waals surface area (Å²) < 4.78 is 0. The lowest BCUT2D eigenvalue weighted by atomic mass is 9.78. The Kier molecular flexibility index (Phi) is 7.41. The van der Waals surface area contributed by atoms with Crippen LogP contribution in [0.15, 0.2) is 24.3 Å². The maximum absolute atomic E-state index is 3.62. The van der Waals surface area contributed by atoms with Gasteiger partial charge in [0.1, 0.15) is 0 Å². The zero-order chi connectivity index (χ0) is 15.9. The molecular weight excluding hydrogens is 256 g/mol. The quantitative estimate of drug-likeness (QED) is 0.724. The summed E-state index contributed by atoms with van der Waals surface area (Å²) in [7, 11) is 2.10. The van der Waals surface area contributed by atoms with Gasteiger partial charge in [0.15, 0.2) is 0 Å². The van der Waals surface area contributed by atoms with E-state index in [1.165, 1.54) is 11.1 Å². The number of aryl methyl sites for hydroxylation is 1. The van der Waals surface area contributed by atoms with Crippen molar-refractivity contribution < 1.29 is 0 Å². The summed E-state index contributed by atoms with van der Waals surface area (Å²) in [6.07, 6.45) is 3.42. The minimum Gasteiger partial charge on any atom is -0.311 e. The van der Waals surface area contributed by atoms with Gasteiger partial charge in [-0.1, -0.05) is 58.9 Å². The summed E-state index contributed by atoms with van der Waals surface area (Å²) in [6, 6.07) is 9.47. The summed E-state index contributed by atoms with van der Waals surface area (Å²) in [5.41, 5.74) is 3.03. The molecule has 0 heterocycles. The van der Waals surface area contributed by atoms with Gasteiger partial charge in [-0.2, -0.15) is 0 Å². The van der Waals surface area contributed by atoms with Crippen LogP contribution in [0.3, 0.4) is 0 Å². The van der Waals surface area contributed by atoms with Crippen LogP contribution in [-0.4, -0.2) is 30.6 Å². The highest BCUT2D eigenvalue weighted by molar-refractivity contribution is 5.29. The molecule has 1 unspecified atom stereocenters. The predicted molar refractivity (Wildman–Crippen MR) is 93.9 cm³/mol. The number of hydrogen-bond donors (Lipinski definition) is 1. The Labute approximate surface area is 131 Å². The molecule has 1 atom stereocenters. The fourth-order valence-electron chi connectivity index (χ4n) is 3.88.